The second-order valence-corrected chi connectivity index (χ2v) is 5.48. The average molecular weight is 253 g/mol. The van der Waals surface area contributed by atoms with Crippen LogP contribution in [0.15, 0.2) is 4.99 Å². The van der Waals surface area contributed by atoms with Crippen molar-refractivity contribution in [3.8, 4) is 0 Å². The van der Waals surface area contributed by atoms with Gasteiger partial charge in [-0.15, -0.1) is 0 Å². The van der Waals surface area contributed by atoms with E-state index in [0.717, 1.165) is 0 Å². The summed E-state index contributed by atoms with van der Waals surface area (Å²) in [6.07, 6.45) is 6.82. The van der Waals surface area contributed by atoms with Gasteiger partial charge in [0.15, 0.2) is 0 Å². The van der Waals surface area contributed by atoms with E-state index < -0.39 is 5.54 Å². The van der Waals surface area contributed by atoms with E-state index in [1.807, 2.05) is 0 Å². The maximum Gasteiger partial charge on any atom is 0.257 e. The number of carbonyl (C=O) groups is 1. The fourth-order valence-corrected chi connectivity index (χ4v) is 3.17. The number of aliphatic hydroxyl groups is 1. The maximum absolute atomic E-state index is 12.3. The van der Waals surface area contributed by atoms with Gasteiger partial charge in [-0.05, 0) is 12.3 Å². The van der Waals surface area contributed by atoms with Crippen LogP contribution >= 0.6 is 0 Å². The Bertz CT molecular complexity index is 350. The smallest absolute Gasteiger partial charge is 0.257 e. The number of aliphatic imine (C=N–C) groups is 1. The lowest BCUT2D eigenvalue weighted by Crippen LogP contribution is -2.51. The third-order valence-corrected chi connectivity index (χ3v) is 4.23. The molecule has 1 heterocycles. The summed E-state index contributed by atoms with van der Waals surface area (Å²) < 4.78 is 0. The van der Waals surface area contributed by atoms with Crippen molar-refractivity contribution in [2.24, 2.45) is 10.9 Å². The first-order valence-electron chi connectivity index (χ1n) is 6.77. The molecule has 0 aromatic carbocycles. The Morgan fingerprint density at radius 2 is 2.11 bits per heavy atom. The molecule has 2 fully saturated rings. The number of amides is 1. The third kappa shape index (κ3) is 2.23. The summed E-state index contributed by atoms with van der Waals surface area (Å²) in [5.41, 5.74) is -0.842. The van der Waals surface area contributed by atoms with E-state index in [0.29, 0.717) is 18.3 Å². The highest BCUT2D eigenvalue weighted by Gasteiger charge is 2.49. The highest BCUT2D eigenvalue weighted by atomic mass is 16.3. The van der Waals surface area contributed by atoms with Crippen molar-refractivity contribution >= 4 is 11.9 Å². The number of rotatable bonds is 3. The summed E-state index contributed by atoms with van der Waals surface area (Å²) in [6.45, 7) is -0.161. The normalized spacial score (nSPS) is 32.1. The molecule has 2 aliphatic rings. The van der Waals surface area contributed by atoms with Gasteiger partial charge >= 0.3 is 0 Å². The van der Waals surface area contributed by atoms with Gasteiger partial charge in [0.25, 0.3) is 5.91 Å². The van der Waals surface area contributed by atoms with E-state index in [-0.39, 0.29) is 12.5 Å². The van der Waals surface area contributed by atoms with Crippen molar-refractivity contribution in [2.75, 3.05) is 20.7 Å². The maximum atomic E-state index is 12.3. The number of hydrogen-bond acceptors (Lipinski definition) is 3. The van der Waals surface area contributed by atoms with Gasteiger partial charge in [-0.25, -0.2) is 0 Å². The molecule has 0 spiro atoms. The molecular weight excluding hydrogens is 230 g/mol. The average Bonchev–Trinajstić information content (AvgIpc) is 2.65. The number of guanidine groups is 1. The van der Waals surface area contributed by atoms with E-state index in [2.05, 4.69) is 10.3 Å². The van der Waals surface area contributed by atoms with E-state index in [1.54, 1.807) is 14.1 Å². The fraction of sp³-hybridized carbons (Fsp3) is 0.846. The second-order valence-electron chi connectivity index (χ2n) is 5.48. The first kappa shape index (κ1) is 13.3. The van der Waals surface area contributed by atoms with Gasteiger partial charge in [0.05, 0.1) is 6.61 Å². The SMILES string of the molecule is CN=C1NC(CO)(CC2CCCCC2)C(=O)N1C. The summed E-state index contributed by atoms with van der Waals surface area (Å²) in [5.74, 6) is 1.04. The van der Waals surface area contributed by atoms with Crippen molar-refractivity contribution in [2.45, 2.75) is 44.1 Å². The summed E-state index contributed by atoms with van der Waals surface area (Å²) >= 11 is 0. The van der Waals surface area contributed by atoms with Gasteiger partial charge in [-0.1, -0.05) is 32.1 Å². The molecule has 1 saturated heterocycles. The van der Waals surface area contributed by atoms with Crippen LogP contribution in [-0.4, -0.2) is 48.1 Å². The molecule has 2 rings (SSSR count). The molecule has 1 aliphatic carbocycles. The van der Waals surface area contributed by atoms with Crippen molar-refractivity contribution < 1.29 is 9.90 Å². The first-order chi connectivity index (χ1) is 8.63. The van der Waals surface area contributed by atoms with Gasteiger partial charge < -0.3 is 10.4 Å². The quantitative estimate of drug-likeness (QED) is 0.779. The predicted octanol–water partition coefficient (Wildman–Crippen LogP) is 0.735. The monoisotopic (exact) mass is 253 g/mol. The van der Waals surface area contributed by atoms with E-state index in [9.17, 15) is 9.90 Å². The van der Waals surface area contributed by atoms with Gasteiger partial charge in [-0.3, -0.25) is 14.7 Å². The lowest BCUT2D eigenvalue weighted by Gasteiger charge is -2.31. The van der Waals surface area contributed by atoms with Crippen molar-refractivity contribution in [1.82, 2.24) is 10.2 Å². The second kappa shape index (κ2) is 5.26. The van der Waals surface area contributed by atoms with Crippen molar-refractivity contribution in [1.29, 1.82) is 0 Å². The Hall–Kier alpha value is -1.10. The van der Waals surface area contributed by atoms with E-state index in [1.165, 1.54) is 37.0 Å². The zero-order valence-corrected chi connectivity index (χ0v) is 11.3. The molecule has 102 valence electrons. The Labute approximate surface area is 108 Å². The molecular formula is C13H23N3O2. The molecule has 0 radical (unpaired) electrons. The summed E-state index contributed by atoms with van der Waals surface area (Å²) in [6, 6.07) is 0. The van der Waals surface area contributed by atoms with Crippen LogP contribution in [0.3, 0.4) is 0 Å². The van der Waals surface area contributed by atoms with Crippen LogP contribution in [0.1, 0.15) is 38.5 Å². The predicted molar refractivity (Wildman–Crippen MR) is 70.3 cm³/mol. The highest BCUT2D eigenvalue weighted by molar-refractivity contribution is 6.08. The van der Waals surface area contributed by atoms with E-state index in [4.69, 9.17) is 0 Å². The molecule has 0 bridgehead atoms. The standard InChI is InChI=1S/C13H23N3O2/c1-14-12-15-13(9-17,11(18)16(12)2)8-10-6-4-3-5-7-10/h10,17H,3-9H2,1-2H3,(H,14,15). The lowest BCUT2D eigenvalue weighted by atomic mass is 9.79. The minimum absolute atomic E-state index is 0.0591. The zero-order valence-electron chi connectivity index (χ0n) is 11.3. The van der Waals surface area contributed by atoms with Crippen LogP contribution in [0.25, 0.3) is 0 Å². The van der Waals surface area contributed by atoms with Crippen LogP contribution in [0, 0.1) is 5.92 Å². The summed E-state index contributed by atoms with van der Waals surface area (Å²) in [4.78, 5) is 17.9. The van der Waals surface area contributed by atoms with Gasteiger partial charge in [0, 0.05) is 14.1 Å². The first-order valence-corrected chi connectivity index (χ1v) is 6.77. The molecule has 0 aromatic rings. The van der Waals surface area contributed by atoms with Crippen LogP contribution in [0.4, 0.5) is 0 Å². The largest absolute Gasteiger partial charge is 0.393 e. The molecule has 1 unspecified atom stereocenters. The lowest BCUT2D eigenvalue weighted by molar-refractivity contribution is -0.132. The Balaban J connectivity index is 2.13. The molecule has 1 saturated carbocycles. The highest BCUT2D eigenvalue weighted by Crippen LogP contribution is 2.33. The Morgan fingerprint density at radius 3 is 2.61 bits per heavy atom. The molecule has 5 heteroatoms. The number of nitrogens with one attached hydrogen (secondary N) is 1. The van der Waals surface area contributed by atoms with Crippen molar-refractivity contribution in [3.05, 3.63) is 0 Å². The number of hydrogen-bond donors (Lipinski definition) is 2. The minimum atomic E-state index is -0.842. The van der Waals surface area contributed by atoms with Crippen LogP contribution in [-0.2, 0) is 4.79 Å². The van der Waals surface area contributed by atoms with E-state index >= 15 is 0 Å². The number of likely N-dealkylation sites (N-methyl/N-ethyl adjacent to an activating group) is 1. The topological polar surface area (TPSA) is 64.9 Å². The Kier molecular flexibility index (Phi) is 3.90. The minimum Gasteiger partial charge on any atom is -0.393 e. The molecule has 1 aliphatic heterocycles. The van der Waals surface area contributed by atoms with Crippen LogP contribution in [0.2, 0.25) is 0 Å². The fourth-order valence-electron chi connectivity index (χ4n) is 3.17. The Morgan fingerprint density at radius 1 is 1.44 bits per heavy atom. The van der Waals surface area contributed by atoms with Crippen molar-refractivity contribution in [3.63, 3.8) is 0 Å². The number of aliphatic hydroxyl groups excluding tert-OH is 1. The number of carbonyl (C=O) groups excluding carboxylic acids is 1. The van der Waals surface area contributed by atoms with Gasteiger partial charge in [0.2, 0.25) is 5.96 Å². The molecule has 18 heavy (non-hydrogen) atoms. The molecule has 0 aromatic heterocycles. The van der Waals surface area contributed by atoms with Gasteiger partial charge in [-0.2, -0.15) is 0 Å². The zero-order chi connectivity index (χ0) is 13.2. The number of nitrogens with zero attached hydrogens (tertiary/aromatic N) is 2. The summed E-state index contributed by atoms with van der Waals surface area (Å²) in [7, 11) is 3.36. The third-order valence-electron chi connectivity index (χ3n) is 4.23. The van der Waals surface area contributed by atoms with Gasteiger partial charge in [0.1, 0.15) is 5.54 Å². The molecule has 5 nitrogen and oxygen atoms in total. The van der Waals surface area contributed by atoms with Crippen LogP contribution < -0.4 is 5.32 Å². The summed E-state index contributed by atoms with van der Waals surface area (Å²) in [5, 5.41) is 12.8. The van der Waals surface area contributed by atoms with Crippen LogP contribution in [0.5, 0.6) is 0 Å². The molecule has 1 amide bonds. The molecule has 1 atom stereocenters. The molecule has 2 N–H and O–H groups in total.